The van der Waals surface area contributed by atoms with Gasteiger partial charge in [-0.2, -0.15) is 4.39 Å². The number of likely N-dealkylation sites (tertiary alicyclic amines) is 1. The van der Waals surface area contributed by atoms with Crippen LogP contribution in [0.25, 0.3) is 0 Å². The molecule has 2 saturated heterocycles. The van der Waals surface area contributed by atoms with Gasteiger partial charge in [0.05, 0.1) is 30.5 Å². The number of fused-ring (bicyclic) bond motifs is 1. The third-order valence-corrected chi connectivity index (χ3v) is 5.15. The van der Waals surface area contributed by atoms with E-state index in [1.807, 2.05) is 18.3 Å². The number of carbonyl (C=O) groups excluding carboxylic acids is 1. The van der Waals surface area contributed by atoms with Crippen LogP contribution in [0.15, 0.2) is 36.8 Å². The summed E-state index contributed by atoms with van der Waals surface area (Å²) in [5.74, 6) is -2.19. The highest BCUT2D eigenvalue weighted by atomic mass is 19.1. The zero-order valence-corrected chi connectivity index (χ0v) is 14.7. The van der Waals surface area contributed by atoms with Gasteiger partial charge in [-0.1, -0.05) is 6.07 Å². The number of halogens is 2. The molecule has 8 heteroatoms. The van der Waals surface area contributed by atoms with Gasteiger partial charge in [-0.15, -0.1) is 0 Å². The fourth-order valence-corrected chi connectivity index (χ4v) is 3.80. The molecule has 0 saturated carbocycles. The number of ether oxygens (including phenoxy) is 1. The van der Waals surface area contributed by atoms with E-state index >= 15 is 0 Å². The molecule has 2 aromatic rings. The van der Waals surface area contributed by atoms with Crippen molar-refractivity contribution in [1.29, 1.82) is 0 Å². The van der Waals surface area contributed by atoms with E-state index in [1.165, 1.54) is 0 Å². The Balaban J connectivity index is 1.51. The molecule has 4 heterocycles. The van der Waals surface area contributed by atoms with Crippen molar-refractivity contribution < 1.29 is 18.3 Å². The highest BCUT2D eigenvalue weighted by Crippen LogP contribution is 2.26. The van der Waals surface area contributed by atoms with Crippen LogP contribution >= 0.6 is 0 Å². The van der Waals surface area contributed by atoms with Crippen molar-refractivity contribution >= 4 is 5.91 Å². The second-order valence-corrected chi connectivity index (χ2v) is 6.84. The summed E-state index contributed by atoms with van der Waals surface area (Å²) in [5, 5.41) is 0. The lowest BCUT2D eigenvalue weighted by atomic mass is 9.97. The van der Waals surface area contributed by atoms with E-state index < -0.39 is 17.7 Å². The number of carbonyl (C=O) groups is 1. The van der Waals surface area contributed by atoms with Crippen LogP contribution in [0.1, 0.15) is 22.3 Å². The molecule has 27 heavy (non-hydrogen) atoms. The number of hydrogen-bond donors (Lipinski definition) is 0. The molecule has 0 spiro atoms. The van der Waals surface area contributed by atoms with Crippen LogP contribution in [0.2, 0.25) is 0 Å². The van der Waals surface area contributed by atoms with E-state index in [1.54, 1.807) is 11.1 Å². The molecule has 2 aliphatic rings. The molecular formula is C19H20F2N4O2. The van der Waals surface area contributed by atoms with Gasteiger partial charge in [0, 0.05) is 44.6 Å². The summed E-state index contributed by atoms with van der Waals surface area (Å²) in [6, 6.07) is 4.77. The number of nitrogens with zero attached hydrogens (tertiary/aromatic N) is 4. The molecular weight excluding hydrogens is 354 g/mol. The maximum absolute atomic E-state index is 14.0. The highest BCUT2D eigenvalue weighted by molar-refractivity contribution is 5.94. The Morgan fingerprint density at radius 1 is 1.30 bits per heavy atom. The van der Waals surface area contributed by atoms with Crippen LogP contribution in [0, 0.1) is 11.8 Å². The van der Waals surface area contributed by atoms with Crippen LogP contribution < -0.4 is 0 Å². The maximum atomic E-state index is 14.0. The number of morpholine rings is 1. The second-order valence-electron chi connectivity index (χ2n) is 6.84. The van der Waals surface area contributed by atoms with Gasteiger partial charge in [-0.3, -0.25) is 14.7 Å². The van der Waals surface area contributed by atoms with Crippen molar-refractivity contribution in [2.45, 2.75) is 25.1 Å². The first-order valence-electron chi connectivity index (χ1n) is 8.96. The summed E-state index contributed by atoms with van der Waals surface area (Å²) in [6.07, 6.45) is 4.99. The van der Waals surface area contributed by atoms with E-state index in [4.69, 9.17) is 4.74 Å². The van der Waals surface area contributed by atoms with Crippen LogP contribution in [-0.4, -0.2) is 64.1 Å². The first-order chi connectivity index (χ1) is 13.1. The molecule has 142 valence electrons. The number of rotatable bonds is 3. The number of aromatic nitrogens is 2. The first kappa shape index (κ1) is 17.9. The minimum atomic E-state index is -0.867. The van der Waals surface area contributed by atoms with Gasteiger partial charge in [-0.05, 0) is 18.1 Å². The average molecular weight is 374 g/mol. The van der Waals surface area contributed by atoms with Gasteiger partial charge in [0.2, 0.25) is 5.95 Å². The third-order valence-electron chi connectivity index (χ3n) is 5.15. The molecule has 0 bridgehead atoms. The molecule has 1 amide bonds. The Morgan fingerprint density at radius 2 is 2.19 bits per heavy atom. The molecule has 0 aromatic carbocycles. The number of hydrogen-bond acceptors (Lipinski definition) is 5. The van der Waals surface area contributed by atoms with Crippen molar-refractivity contribution in [3.05, 3.63) is 59.7 Å². The minimum absolute atomic E-state index is 0.00593. The summed E-state index contributed by atoms with van der Waals surface area (Å²) in [4.78, 5) is 24.0. The minimum Gasteiger partial charge on any atom is -0.375 e. The standard InChI is InChI=1S/C19H20F2N4O2/c20-15-10-23-18(21)8-14(15)19(26)25-5-3-17-16(12-25)24(6-7-27-17)11-13-2-1-4-22-9-13/h1-2,4,8-10,16-17H,3,5-7,11-12H2/t16-,17-/m0/s1. The van der Waals surface area contributed by atoms with Crippen molar-refractivity contribution in [1.82, 2.24) is 19.8 Å². The molecule has 0 unspecified atom stereocenters. The van der Waals surface area contributed by atoms with Crippen LogP contribution in [-0.2, 0) is 11.3 Å². The van der Waals surface area contributed by atoms with E-state index in [0.717, 1.165) is 24.4 Å². The molecule has 0 N–H and O–H groups in total. The summed E-state index contributed by atoms with van der Waals surface area (Å²) >= 11 is 0. The third kappa shape index (κ3) is 3.81. The van der Waals surface area contributed by atoms with Gasteiger partial charge in [0.1, 0.15) is 0 Å². The molecule has 0 radical (unpaired) electrons. The summed E-state index contributed by atoms with van der Waals surface area (Å²) in [6.45, 7) is 2.95. The lowest BCUT2D eigenvalue weighted by Gasteiger charge is -2.47. The predicted molar refractivity (Wildman–Crippen MR) is 92.8 cm³/mol. The summed E-state index contributed by atoms with van der Waals surface area (Å²) in [5.41, 5.74) is 0.806. The fourth-order valence-electron chi connectivity index (χ4n) is 3.80. The smallest absolute Gasteiger partial charge is 0.257 e. The topological polar surface area (TPSA) is 58.6 Å². The molecule has 2 fully saturated rings. The molecule has 6 nitrogen and oxygen atoms in total. The van der Waals surface area contributed by atoms with Crippen LogP contribution in [0.5, 0.6) is 0 Å². The largest absolute Gasteiger partial charge is 0.375 e. The Labute approximate surface area is 155 Å². The van der Waals surface area contributed by atoms with Crippen molar-refractivity contribution in [3.63, 3.8) is 0 Å². The monoisotopic (exact) mass is 374 g/mol. The normalized spacial score (nSPS) is 23.1. The maximum Gasteiger partial charge on any atom is 0.257 e. The van der Waals surface area contributed by atoms with E-state index in [9.17, 15) is 13.6 Å². The van der Waals surface area contributed by atoms with E-state index in [2.05, 4.69) is 14.9 Å². The van der Waals surface area contributed by atoms with Gasteiger partial charge >= 0.3 is 0 Å². The Bertz CT molecular complexity index is 821. The van der Waals surface area contributed by atoms with Crippen molar-refractivity contribution in [2.24, 2.45) is 0 Å². The number of piperidine rings is 1. The molecule has 2 atom stereocenters. The first-order valence-corrected chi connectivity index (χ1v) is 8.96. The quantitative estimate of drug-likeness (QED) is 0.768. The Morgan fingerprint density at radius 3 is 3.00 bits per heavy atom. The van der Waals surface area contributed by atoms with Crippen molar-refractivity contribution in [3.8, 4) is 0 Å². The zero-order valence-electron chi connectivity index (χ0n) is 14.7. The predicted octanol–water partition coefficient (Wildman–Crippen LogP) is 1.87. The highest BCUT2D eigenvalue weighted by Gasteiger charge is 2.39. The van der Waals surface area contributed by atoms with Gasteiger partial charge in [0.15, 0.2) is 5.82 Å². The molecule has 2 aliphatic heterocycles. The van der Waals surface area contributed by atoms with Gasteiger partial charge in [0.25, 0.3) is 5.91 Å². The SMILES string of the molecule is O=C(c1cc(F)ncc1F)N1CC[C@@H]2OCCN(Cc3cccnc3)[C@H]2C1. The van der Waals surface area contributed by atoms with E-state index in [0.29, 0.717) is 32.7 Å². The lowest BCUT2D eigenvalue weighted by molar-refractivity contribution is -0.101. The average Bonchev–Trinajstić information content (AvgIpc) is 2.70. The second kappa shape index (κ2) is 7.66. The molecule has 4 rings (SSSR count). The lowest BCUT2D eigenvalue weighted by Crippen LogP contribution is -2.60. The van der Waals surface area contributed by atoms with E-state index in [-0.39, 0.29) is 17.7 Å². The van der Waals surface area contributed by atoms with Crippen LogP contribution in [0.4, 0.5) is 8.78 Å². The van der Waals surface area contributed by atoms with Gasteiger partial charge in [-0.25, -0.2) is 9.37 Å². The zero-order chi connectivity index (χ0) is 18.8. The number of amides is 1. The van der Waals surface area contributed by atoms with Gasteiger partial charge < -0.3 is 9.64 Å². The number of pyridine rings is 2. The fraction of sp³-hybridized carbons (Fsp3) is 0.421. The summed E-state index contributed by atoms with van der Waals surface area (Å²) in [7, 11) is 0. The van der Waals surface area contributed by atoms with Crippen molar-refractivity contribution in [2.75, 3.05) is 26.2 Å². The van der Waals surface area contributed by atoms with Crippen LogP contribution in [0.3, 0.4) is 0 Å². The molecule has 0 aliphatic carbocycles. The Hall–Kier alpha value is -2.45. The summed E-state index contributed by atoms with van der Waals surface area (Å²) < 4.78 is 33.2. The molecule has 2 aromatic heterocycles. The Kier molecular flexibility index (Phi) is 5.09.